The van der Waals surface area contributed by atoms with Gasteiger partial charge >= 0.3 is 0 Å². The molecule has 1 heterocycles. The fourth-order valence-corrected chi connectivity index (χ4v) is 1.75. The number of hydrogen-bond acceptors (Lipinski definition) is 4. The largest absolute Gasteiger partial charge is 0.481 e. The second-order valence-corrected chi connectivity index (χ2v) is 4.08. The Bertz CT molecular complexity index is 516. The third-order valence-corrected chi connectivity index (χ3v) is 2.60. The first-order valence-electron chi connectivity index (χ1n) is 5.63. The fraction of sp³-hybridized carbons (Fsp3) is 0.286. The molecule has 0 atom stereocenters. The van der Waals surface area contributed by atoms with E-state index in [2.05, 4.69) is 16.7 Å². The van der Waals surface area contributed by atoms with Gasteiger partial charge in [-0.1, -0.05) is 6.07 Å². The van der Waals surface area contributed by atoms with E-state index in [1.54, 1.807) is 13.2 Å². The van der Waals surface area contributed by atoms with Crippen LogP contribution in [0.3, 0.4) is 0 Å². The summed E-state index contributed by atoms with van der Waals surface area (Å²) >= 11 is 0. The minimum Gasteiger partial charge on any atom is -0.481 e. The van der Waals surface area contributed by atoms with Crippen molar-refractivity contribution in [3.05, 3.63) is 40.9 Å². The third kappa shape index (κ3) is 3.20. The number of nitrogens with two attached hydrogens (primary N) is 1. The van der Waals surface area contributed by atoms with Crippen LogP contribution in [-0.4, -0.2) is 18.8 Å². The fourth-order valence-electron chi connectivity index (χ4n) is 1.75. The quantitative estimate of drug-likeness (QED) is 0.504. The maximum Gasteiger partial charge on any atom is 0.215 e. The van der Waals surface area contributed by atoms with Crippen LogP contribution < -0.4 is 5.73 Å². The third-order valence-electron chi connectivity index (χ3n) is 2.60. The Morgan fingerprint density at radius 3 is 2.67 bits per heavy atom. The number of ether oxygens (including phenoxy) is 1. The summed E-state index contributed by atoms with van der Waals surface area (Å²) in [5, 5.41) is 0. The first-order valence-corrected chi connectivity index (χ1v) is 5.63. The number of nitrogens with zero attached hydrogens (tertiary/aromatic N) is 2. The van der Waals surface area contributed by atoms with E-state index < -0.39 is 0 Å². The predicted molar refractivity (Wildman–Crippen MR) is 76.3 cm³/mol. The molecule has 1 aromatic heterocycles. The minimum atomic E-state index is 0.510. The molecule has 18 heavy (non-hydrogen) atoms. The van der Waals surface area contributed by atoms with Crippen molar-refractivity contribution in [3.63, 3.8) is 0 Å². The molecule has 0 spiro atoms. The molecule has 0 aliphatic carbocycles. The molecular formula is C14H19N3O. The number of anilines is 1. The molecule has 1 rings (SSSR count). The van der Waals surface area contributed by atoms with Crippen LogP contribution >= 0.6 is 0 Å². The van der Waals surface area contributed by atoms with E-state index in [1.165, 1.54) is 0 Å². The van der Waals surface area contributed by atoms with E-state index in [1.807, 2.05) is 32.9 Å². The van der Waals surface area contributed by atoms with Crippen molar-refractivity contribution >= 4 is 18.1 Å². The first kappa shape index (κ1) is 14.0. The van der Waals surface area contributed by atoms with Crippen molar-refractivity contribution in [3.8, 4) is 0 Å². The summed E-state index contributed by atoms with van der Waals surface area (Å²) in [6.45, 7) is 9.36. The summed E-state index contributed by atoms with van der Waals surface area (Å²) < 4.78 is 5.11. The number of hydrogen-bond donors (Lipinski definition) is 1. The summed E-state index contributed by atoms with van der Waals surface area (Å²) in [6.07, 6.45) is 1.96. The van der Waals surface area contributed by atoms with Gasteiger partial charge in [-0.3, -0.25) is 0 Å². The van der Waals surface area contributed by atoms with Crippen molar-refractivity contribution in [2.75, 3.05) is 12.8 Å². The lowest BCUT2D eigenvalue weighted by Gasteiger charge is -2.07. The number of aromatic nitrogens is 1. The molecule has 0 fully saturated rings. The number of methoxy groups -OCH3 is 1. The van der Waals surface area contributed by atoms with E-state index >= 15 is 0 Å². The summed E-state index contributed by atoms with van der Waals surface area (Å²) in [4.78, 5) is 8.15. The van der Waals surface area contributed by atoms with Gasteiger partial charge in [-0.15, -0.1) is 0 Å². The number of pyridine rings is 1. The Kier molecular flexibility index (Phi) is 4.66. The van der Waals surface area contributed by atoms with Crippen molar-refractivity contribution in [1.29, 1.82) is 0 Å². The van der Waals surface area contributed by atoms with Crippen LogP contribution in [-0.2, 0) is 4.74 Å². The highest BCUT2D eigenvalue weighted by Gasteiger charge is 2.05. The second-order valence-electron chi connectivity index (χ2n) is 4.08. The second kappa shape index (κ2) is 6.00. The summed E-state index contributed by atoms with van der Waals surface area (Å²) in [5.41, 5.74) is 9.57. The maximum atomic E-state index is 5.70. The maximum absolute atomic E-state index is 5.70. The highest BCUT2D eigenvalue weighted by atomic mass is 16.5. The zero-order chi connectivity index (χ0) is 13.7. The Labute approximate surface area is 108 Å². The van der Waals surface area contributed by atoms with Crippen LogP contribution in [0.4, 0.5) is 5.82 Å². The summed E-state index contributed by atoms with van der Waals surface area (Å²) in [6, 6.07) is 3.75. The average Bonchev–Trinajstić information content (AvgIpc) is 2.33. The Balaban J connectivity index is 3.21. The molecule has 4 heteroatoms. The summed E-state index contributed by atoms with van der Waals surface area (Å²) in [7, 11) is 1.57. The number of allylic oxidation sites excluding steroid dienone is 3. The van der Waals surface area contributed by atoms with Gasteiger partial charge in [0.2, 0.25) is 5.88 Å². The van der Waals surface area contributed by atoms with Crippen LogP contribution in [0.25, 0.3) is 5.57 Å². The number of aliphatic imine (C=N–C) groups is 1. The van der Waals surface area contributed by atoms with E-state index in [9.17, 15) is 0 Å². The zero-order valence-electron chi connectivity index (χ0n) is 11.3. The van der Waals surface area contributed by atoms with Gasteiger partial charge in [0.1, 0.15) is 5.82 Å². The van der Waals surface area contributed by atoms with Gasteiger partial charge in [-0.05, 0) is 50.8 Å². The average molecular weight is 245 g/mol. The first-order chi connectivity index (χ1) is 8.49. The molecule has 0 radical (unpaired) electrons. The molecule has 4 nitrogen and oxygen atoms in total. The lowest BCUT2D eigenvalue weighted by Crippen LogP contribution is -1.97. The van der Waals surface area contributed by atoms with Gasteiger partial charge in [0.05, 0.1) is 12.8 Å². The topological polar surface area (TPSA) is 60.5 Å². The molecule has 0 amide bonds. The van der Waals surface area contributed by atoms with Crippen molar-refractivity contribution < 1.29 is 4.74 Å². The van der Waals surface area contributed by atoms with Crippen LogP contribution in [0.1, 0.15) is 25.1 Å². The summed E-state index contributed by atoms with van der Waals surface area (Å²) in [5.74, 6) is 1.02. The van der Waals surface area contributed by atoms with E-state index in [0.717, 1.165) is 22.4 Å². The number of aryl methyl sites for hydroxylation is 1. The highest BCUT2D eigenvalue weighted by Crippen LogP contribution is 2.20. The molecule has 0 aliphatic heterocycles. The molecule has 0 aliphatic rings. The van der Waals surface area contributed by atoms with Gasteiger partial charge in [-0.25, -0.2) is 9.98 Å². The van der Waals surface area contributed by atoms with E-state index in [0.29, 0.717) is 11.7 Å². The number of rotatable bonds is 4. The zero-order valence-corrected chi connectivity index (χ0v) is 11.3. The van der Waals surface area contributed by atoms with Crippen molar-refractivity contribution in [2.24, 2.45) is 4.99 Å². The Hall–Kier alpha value is -2.10. The monoisotopic (exact) mass is 245 g/mol. The smallest absolute Gasteiger partial charge is 0.215 e. The lowest BCUT2D eigenvalue weighted by molar-refractivity contribution is 0.286. The minimum absolute atomic E-state index is 0.510. The molecule has 2 N–H and O–H groups in total. The Morgan fingerprint density at radius 2 is 2.11 bits per heavy atom. The van der Waals surface area contributed by atoms with Crippen LogP contribution in [0.2, 0.25) is 0 Å². The SMILES string of the molecule is C=N/C(OC)=C(C)\C=C(/C)c1nc(N)ccc1C. The van der Waals surface area contributed by atoms with Gasteiger partial charge in [0.25, 0.3) is 0 Å². The molecule has 0 unspecified atom stereocenters. The highest BCUT2D eigenvalue weighted by molar-refractivity contribution is 5.67. The van der Waals surface area contributed by atoms with Gasteiger partial charge in [0, 0.05) is 5.57 Å². The molecule has 0 aromatic carbocycles. The molecule has 0 saturated heterocycles. The predicted octanol–water partition coefficient (Wildman–Crippen LogP) is 2.95. The number of nitrogen functional groups attached to an aromatic ring is 1. The van der Waals surface area contributed by atoms with Gasteiger partial charge in [0.15, 0.2) is 0 Å². The van der Waals surface area contributed by atoms with Crippen LogP contribution in [0, 0.1) is 6.92 Å². The van der Waals surface area contributed by atoms with Crippen LogP contribution in [0.15, 0.2) is 34.7 Å². The lowest BCUT2D eigenvalue weighted by atomic mass is 10.1. The molecular weight excluding hydrogens is 226 g/mol. The Morgan fingerprint density at radius 1 is 1.44 bits per heavy atom. The van der Waals surface area contributed by atoms with Gasteiger partial charge in [-0.2, -0.15) is 0 Å². The molecule has 0 saturated carbocycles. The van der Waals surface area contributed by atoms with Gasteiger partial charge < -0.3 is 10.5 Å². The van der Waals surface area contributed by atoms with Crippen LogP contribution in [0.5, 0.6) is 0 Å². The van der Waals surface area contributed by atoms with E-state index in [4.69, 9.17) is 10.5 Å². The molecule has 96 valence electrons. The van der Waals surface area contributed by atoms with E-state index in [-0.39, 0.29) is 0 Å². The van der Waals surface area contributed by atoms with Crippen molar-refractivity contribution in [1.82, 2.24) is 4.98 Å². The normalized spacial score (nSPS) is 13.0. The standard InChI is InChI=1S/C14H19N3O/c1-9-6-7-12(15)17-13(9)10(2)8-11(3)14(16-4)18-5/h6-8H,4H2,1-3,5H3,(H2,15,17)/b10-8+,14-11+. The molecule has 0 bridgehead atoms. The molecule has 1 aromatic rings. The van der Waals surface area contributed by atoms with Crippen molar-refractivity contribution in [2.45, 2.75) is 20.8 Å².